The molecule has 0 aliphatic heterocycles. The molecule has 0 heterocycles. The smallest absolute Gasteiger partial charge is 0.119 e. The van der Waals surface area contributed by atoms with E-state index < -0.39 is 0 Å². The van der Waals surface area contributed by atoms with Gasteiger partial charge in [0.25, 0.3) is 0 Å². The van der Waals surface area contributed by atoms with E-state index >= 15 is 0 Å². The van der Waals surface area contributed by atoms with E-state index in [0.717, 1.165) is 18.7 Å². The van der Waals surface area contributed by atoms with E-state index in [9.17, 15) is 0 Å². The highest BCUT2D eigenvalue weighted by atomic mass is 16.5. The lowest BCUT2D eigenvalue weighted by molar-refractivity contribution is 0.414. The number of methoxy groups -OCH3 is 1. The van der Waals surface area contributed by atoms with E-state index in [-0.39, 0.29) is 0 Å². The molecule has 112 valence electrons. The number of nitrogens with one attached hydrogen (secondary N) is 1. The van der Waals surface area contributed by atoms with Gasteiger partial charge < -0.3 is 10.1 Å². The predicted molar refractivity (Wildman–Crippen MR) is 89.8 cm³/mol. The Kier molecular flexibility index (Phi) is 5.40. The highest BCUT2D eigenvalue weighted by molar-refractivity contribution is 5.68. The zero-order chi connectivity index (χ0) is 15.2. The molecule has 21 heavy (non-hydrogen) atoms. The summed E-state index contributed by atoms with van der Waals surface area (Å²) in [7, 11) is 1.71. The summed E-state index contributed by atoms with van der Waals surface area (Å²) in [6.45, 7) is 7.35. The lowest BCUT2D eigenvalue weighted by Crippen LogP contribution is -2.22. The molecule has 0 atom stereocenters. The van der Waals surface area contributed by atoms with Crippen molar-refractivity contribution in [2.45, 2.75) is 39.8 Å². The van der Waals surface area contributed by atoms with Crippen molar-refractivity contribution < 1.29 is 4.74 Å². The molecule has 2 aromatic carbocycles. The molecule has 2 heteroatoms. The fourth-order valence-electron chi connectivity index (χ4n) is 2.36. The van der Waals surface area contributed by atoms with Gasteiger partial charge in [-0.05, 0) is 40.8 Å². The van der Waals surface area contributed by atoms with Crippen molar-refractivity contribution in [1.82, 2.24) is 5.32 Å². The number of hydrogen-bond acceptors (Lipinski definition) is 2. The zero-order valence-corrected chi connectivity index (χ0v) is 13.4. The third-order valence-corrected chi connectivity index (χ3v) is 3.69. The number of ether oxygens (including phenoxy) is 1. The topological polar surface area (TPSA) is 21.3 Å². The van der Waals surface area contributed by atoms with Crippen molar-refractivity contribution in [3.63, 3.8) is 0 Å². The summed E-state index contributed by atoms with van der Waals surface area (Å²) in [5.41, 5.74) is 5.17. The molecular formula is C19H25NO. The van der Waals surface area contributed by atoms with Gasteiger partial charge in [0, 0.05) is 12.6 Å². The second-order valence-corrected chi connectivity index (χ2v) is 5.61. The molecule has 0 aromatic heterocycles. The maximum absolute atomic E-state index is 5.36. The van der Waals surface area contributed by atoms with Crippen LogP contribution in [0.15, 0.2) is 42.5 Å². The van der Waals surface area contributed by atoms with E-state index in [1.807, 2.05) is 6.07 Å². The Hall–Kier alpha value is -1.80. The minimum Gasteiger partial charge on any atom is -0.497 e. The van der Waals surface area contributed by atoms with Gasteiger partial charge in [-0.25, -0.2) is 0 Å². The van der Waals surface area contributed by atoms with Crippen LogP contribution in [0.5, 0.6) is 5.75 Å². The van der Waals surface area contributed by atoms with E-state index in [4.69, 9.17) is 4.74 Å². The predicted octanol–water partition coefficient (Wildman–Crippen LogP) is 4.42. The van der Waals surface area contributed by atoms with Gasteiger partial charge >= 0.3 is 0 Å². The van der Waals surface area contributed by atoms with Crippen LogP contribution in [-0.4, -0.2) is 13.2 Å². The fourth-order valence-corrected chi connectivity index (χ4v) is 2.36. The summed E-state index contributed by atoms with van der Waals surface area (Å²) in [5, 5.41) is 3.49. The highest BCUT2D eigenvalue weighted by Gasteiger charge is 2.07. The molecule has 0 aliphatic carbocycles. The molecular weight excluding hydrogens is 258 g/mol. The number of rotatable bonds is 6. The van der Waals surface area contributed by atoms with Crippen LogP contribution in [0.1, 0.15) is 31.9 Å². The summed E-state index contributed by atoms with van der Waals surface area (Å²) in [5.74, 6) is 0.907. The minimum atomic E-state index is 0.464. The SMILES string of the molecule is CCc1ccc(-c2ccc(OC)cc2CNC(C)C)cc1. The summed E-state index contributed by atoms with van der Waals surface area (Å²) in [6.07, 6.45) is 1.07. The van der Waals surface area contributed by atoms with Crippen LogP contribution in [0.3, 0.4) is 0 Å². The average molecular weight is 283 g/mol. The van der Waals surface area contributed by atoms with Gasteiger partial charge in [0.1, 0.15) is 5.75 Å². The maximum atomic E-state index is 5.36. The molecule has 2 aromatic rings. The van der Waals surface area contributed by atoms with E-state index in [2.05, 4.69) is 62.5 Å². The van der Waals surface area contributed by atoms with E-state index in [1.165, 1.54) is 22.3 Å². The van der Waals surface area contributed by atoms with E-state index in [1.54, 1.807) is 7.11 Å². The van der Waals surface area contributed by atoms with Gasteiger partial charge in [-0.3, -0.25) is 0 Å². The quantitative estimate of drug-likeness (QED) is 0.847. The Morgan fingerprint density at radius 2 is 1.76 bits per heavy atom. The van der Waals surface area contributed by atoms with E-state index in [0.29, 0.717) is 6.04 Å². The van der Waals surface area contributed by atoms with Gasteiger partial charge in [0.15, 0.2) is 0 Å². The molecule has 1 N–H and O–H groups in total. The van der Waals surface area contributed by atoms with Crippen LogP contribution in [0.2, 0.25) is 0 Å². The lowest BCUT2D eigenvalue weighted by atomic mass is 9.97. The Bertz CT molecular complexity index is 573. The molecule has 0 saturated heterocycles. The van der Waals surface area contributed by atoms with Crippen LogP contribution < -0.4 is 10.1 Å². The Balaban J connectivity index is 2.35. The van der Waals surface area contributed by atoms with Crippen molar-refractivity contribution in [2.24, 2.45) is 0 Å². The average Bonchev–Trinajstić information content (AvgIpc) is 2.52. The molecule has 0 radical (unpaired) electrons. The van der Waals surface area contributed by atoms with Crippen LogP contribution in [0, 0.1) is 0 Å². The number of hydrogen-bond donors (Lipinski definition) is 1. The van der Waals surface area contributed by atoms with Crippen molar-refractivity contribution in [2.75, 3.05) is 7.11 Å². The fraction of sp³-hybridized carbons (Fsp3) is 0.368. The third-order valence-electron chi connectivity index (χ3n) is 3.69. The van der Waals surface area contributed by atoms with Crippen LogP contribution >= 0.6 is 0 Å². The highest BCUT2D eigenvalue weighted by Crippen LogP contribution is 2.28. The number of benzene rings is 2. The Morgan fingerprint density at radius 1 is 1.05 bits per heavy atom. The normalized spacial score (nSPS) is 10.9. The Morgan fingerprint density at radius 3 is 2.33 bits per heavy atom. The molecule has 0 unspecified atom stereocenters. The first kappa shape index (κ1) is 15.6. The molecule has 2 rings (SSSR count). The molecule has 0 amide bonds. The first-order valence-corrected chi connectivity index (χ1v) is 7.63. The summed E-state index contributed by atoms with van der Waals surface area (Å²) in [6, 6.07) is 15.6. The monoisotopic (exact) mass is 283 g/mol. The van der Waals surface area contributed by atoms with Crippen molar-refractivity contribution in [3.8, 4) is 16.9 Å². The van der Waals surface area contributed by atoms with Crippen molar-refractivity contribution in [1.29, 1.82) is 0 Å². The first-order valence-electron chi connectivity index (χ1n) is 7.63. The second-order valence-electron chi connectivity index (χ2n) is 5.61. The van der Waals surface area contributed by atoms with Crippen molar-refractivity contribution >= 4 is 0 Å². The van der Waals surface area contributed by atoms with Crippen LogP contribution in [0.25, 0.3) is 11.1 Å². The van der Waals surface area contributed by atoms with Gasteiger partial charge in [0.05, 0.1) is 7.11 Å². The van der Waals surface area contributed by atoms with Crippen LogP contribution in [-0.2, 0) is 13.0 Å². The molecule has 0 bridgehead atoms. The summed E-state index contributed by atoms with van der Waals surface area (Å²) >= 11 is 0. The molecule has 0 saturated carbocycles. The van der Waals surface area contributed by atoms with Gasteiger partial charge in [-0.2, -0.15) is 0 Å². The maximum Gasteiger partial charge on any atom is 0.119 e. The minimum absolute atomic E-state index is 0.464. The lowest BCUT2D eigenvalue weighted by Gasteiger charge is -2.14. The van der Waals surface area contributed by atoms with Crippen molar-refractivity contribution in [3.05, 3.63) is 53.6 Å². The first-order chi connectivity index (χ1) is 10.1. The summed E-state index contributed by atoms with van der Waals surface area (Å²) < 4.78 is 5.36. The van der Waals surface area contributed by atoms with Gasteiger partial charge in [-0.1, -0.05) is 51.1 Å². The third kappa shape index (κ3) is 4.08. The standard InChI is InChI=1S/C19H25NO/c1-5-15-6-8-16(9-7-15)19-11-10-18(21-4)12-17(19)13-20-14(2)3/h6-12,14,20H,5,13H2,1-4H3. The summed E-state index contributed by atoms with van der Waals surface area (Å²) in [4.78, 5) is 0. The van der Waals surface area contributed by atoms with Crippen LogP contribution in [0.4, 0.5) is 0 Å². The Labute approximate surface area is 128 Å². The molecule has 0 fully saturated rings. The molecule has 0 aliphatic rings. The molecule has 0 spiro atoms. The zero-order valence-electron chi connectivity index (χ0n) is 13.4. The largest absolute Gasteiger partial charge is 0.497 e. The number of aryl methyl sites for hydroxylation is 1. The van der Waals surface area contributed by atoms with Gasteiger partial charge in [-0.15, -0.1) is 0 Å². The second kappa shape index (κ2) is 7.28. The molecule has 2 nitrogen and oxygen atoms in total. The van der Waals surface area contributed by atoms with Gasteiger partial charge in [0.2, 0.25) is 0 Å².